The summed E-state index contributed by atoms with van der Waals surface area (Å²) in [5.41, 5.74) is 7.89. The number of amides is 1. The molecule has 1 aliphatic carbocycles. The first kappa shape index (κ1) is 17.4. The quantitative estimate of drug-likeness (QED) is 0.823. The number of hydrogen-bond donors (Lipinski definition) is 2. The van der Waals surface area contributed by atoms with E-state index in [2.05, 4.69) is 31.0 Å². The van der Waals surface area contributed by atoms with Gasteiger partial charge < -0.3 is 11.1 Å². The highest BCUT2D eigenvalue weighted by molar-refractivity contribution is 7.80. The van der Waals surface area contributed by atoms with Gasteiger partial charge in [-0.05, 0) is 42.2 Å². The van der Waals surface area contributed by atoms with Crippen LogP contribution in [0, 0.1) is 10.8 Å². The van der Waals surface area contributed by atoms with Crippen LogP contribution in [0.2, 0.25) is 0 Å². The van der Waals surface area contributed by atoms with Crippen molar-refractivity contribution >= 4 is 28.8 Å². The van der Waals surface area contributed by atoms with E-state index >= 15 is 0 Å². The van der Waals surface area contributed by atoms with E-state index in [-0.39, 0.29) is 5.91 Å². The Labute approximate surface area is 149 Å². The molecule has 2 unspecified atom stereocenters. The van der Waals surface area contributed by atoms with Gasteiger partial charge in [0.15, 0.2) is 0 Å². The van der Waals surface area contributed by atoms with Crippen molar-refractivity contribution in [2.24, 2.45) is 16.6 Å². The first-order valence-corrected chi connectivity index (χ1v) is 9.01. The fraction of sp³-hybridized carbons (Fsp3) is 0.579. The Balaban J connectivity index is 1.64. The summed E-state index contributed by atoms with van der Waals surface area (Å²) in [4.78, 5) is 15.2. The van der Waals surface area contributed by atoms with Crippen LogP contribution in [0.4, 0.5) is 5.69 Å². The van der Waals surface area contributed by atoms with Gasteiger partial charge >= 0.3 is 0 Å². The summed E-state index contributed by atoms with van der Waals surface area (Å²) in [5, 5.41) is 2.98. The molecule has 2 atom stereocenters. The Morgan fingerprint density at radius 2 is 2.12 bits per heavy atom. The zero-order chi connectivity index (χ0) is 17.5. The zero-order valence-electron chi connectivity index (χ0n) is 14.8. The van der Waals surface area contributed by atoms with E-state index in [9.17, 15) is 4.79 Å². The van der Waals surface area contributed by atoms with Gasteiger partial charge in [-0.25, -0.2) is 0 Å². The van der Waals surface area contributed by atoms with Crippen molar-refractivity contribution in [3.63, 3.8) is 0 Å². The van der Waals surface area contributed by atoms with E-state index in [0.717, 1.165) is 17.8 Å². The Bertz CT molecular complexity index is 672. The summed E-state index contributed by atoms with van der Waals surface area (Å²) in [5.74, 6) is 0.0315. The molecule has 2 bridgehead atoms. The van der Waals surface area contributed by atoms with Crippen molar-refractivity contribution in [1.82, 2.24) is 4.90 Å². The predicted molar refractivity (Wildman–Crippen MR) is 102 cm³/mol. The molecule has 0 spiro atoms. The van der Waals surface area contributed by atoms with Gasteiger partial charge in [0.2, 0.25) is 5.91 Å². The number of nitrogens with one attached hydrogen (secondary N) is 1. The van der Waals surface area contributed by atoms with Crippen LogP contribution in [-0.4, -0.2) is 34.9 Å². The second kappa shape index (κ2) is 6.12. The molecule has 130 valence electrons. The van der Waals surface area contributed by atoms with Crippen LogP contribution < -0.4 is 11.1 Å². The lowest BCUT2D eigenvalue weighted by atomic mass is 9.65. The number of thiocarbonyl (C=S) groups is 1. The summed E-state index contributed by atoms with van der Waals surface area (Å²) < 4.78 is 0. The summed E-state index contributed by atoms with van der Waals surface area (Å²) in [6.45, 7) is 8.53. The monoisotopic (exact) mass is 345 g/mol. The molecule has 3 rings (SSSR count). The minimum Gasteiger partial charge on any atom is -0.389 e. The molecule has 24 heavy (non-hydrogen) atoms. The standard InChI is InChI=1S/C19H27N3OS/c1-18(2)8-15-9-19(3,11-18)12-22(15)10-16(23)21-14-6-4-5-13(7-14)17(20)24/h4-7,15H,8-12H2,1-3H3,(H2,20,24)(H,21,23). The minimum atomic E-state index is 0.0315. The van der Waals surface area contributed by atoms with Gasteiger partial charge in [0.1, 0.15) is 4.99 Å². The highest BCUT2D eigenvalue weighted by Crippen LogP contribution is 2.52. The molecule has 1 aromatic rings. The molecular weight excluding hydrogens is 318 g/mol. The highest BCUT2D eigenvalue weighted by Gasteiger charge is 2.49. The first-order chi connectivity index (χ1) is 11.2. The summed E-state index contributed by atoms with van der Waals surface area (Å²) in [6.07, 6.45) is 3.62. The Kier molecular flexibility index (Phi) is 4.43. The summed E-state index contributed by atoms with van der Waals surface area (Å²) >= 11 is 4.99. The maximum atomic E-state index is 12.5. The summed E-state index contributed by atoms with van der Waals surface area (Å²) in [7, 11) is 0. The number of likely N-dealkylation sites (tertiary alicyclic amines) is 1. The largest absolute Gasteiger partial charge is 0.389 e. The number of carbonyl (C=O) groups is 1. The molecule has 1 saturated carbocycles. The molecule has 5 heteroatoms. The van der Waals surface area contributed by atoms with Crippen LogP contribution in [0.1, 0.15) is 45.6 Å². The SMILES string of the molecule is CC1(C)CC2CC(C)(CN2CC(=O)Nc2cccc(C(N)=S)c2)C1. The van der Waals surface area contributed by atoms with Crippen LogP contribution in [-0.2, 0) is 4.79 Å². The lowest BCUT2D eigenvalue weighted by Crippen LogP contribution is -2.38. The van der Waals surface area contributed by atoms with Gasteiger partial charge in [0.05, 0.1) is 6.54 Å². The van der Waals surface area contributed by atoms with E-state index in [4.69, 9.17) is 18.0 Å². The van der Waals surface area contributed by atoms with Gasteiger partial charge in [0, 0.05) is 23.8 Å². The van der Waals surface area contributed by atoms with Gasteiger partial charge in [-0.2, -0.15) is 0 Å². The average Bonchev–Trinajstić information content (AvgIpc) is 2.67. The topological polar surface area (TPSA) is 58.4 Å². The zero-order valence-corrected chi connectivity index (χ0v) is 15.6. The fourth-order valence-electron chi connectivity index (χ4n) is 4.90. The van der Waals surface area contributed by atoms with Crippen LogP contribution >= 0.6 is 12.2 Å². The Hall–Kier alpha value is -1.46. The summed E-state index contributed by atoms with van der Waals surface area (Å²) in [6, 6.07) is 7.92. The van der Waals surface area contributed by atoms with E-state index in [0.29, 0.717) is 28.4 Å². The molecular formula is C19H27N3OS. The van der Waals surface area contributed by atoms with Crippen LogP contribution in [0.25, 0.3) is 0 Å². The number of carbonyl (C=O) groups excluding carboxylic acids is 1. The predicted octanol–water partition coefficient (Wildman–Crippen LogP) is 3.16. The smallest absolute Gasteiger partial charge is 0.238 e. The highest BCUT2D eigenvalue weighted by atomic mass is 32.1. The maximum Gasteiger partial charge on any atom is 0.238 e. The maximum absolute atomic E-state index is 12.5. The van der Waals surface area contributed by atoms with Crippen molar-refractivity contribution in [2.75, 3.05) is 18.4 Å². The molecule has 1 saturated heterocycles. The van der Waals surface area contributed by atoms with Crippen LogP contribution in [0.5, 0.6) is 0 Å². The molecule has 0 aromatic heterocycles. The van der Waals surface area contributed by atoms with Crippen molar-refractivity contribution in [1.29, 1.82) is 0 Å². The molecule has 2 aliphatic rings. The second-order valence-corrected chi connectivity index (χ2v) is 9.05. The molecule has 4 nitrogen and oxygen atoms in total. The molecule has 1 aliphatic heterocycles. The number of benzene rings is 1. The van der Waals surface area contributed by atoms with Crippen molar-refractivity contribution in [3.8, 4) is 0 Å². The average molecular weight is 346 g/mol. The third-order valence-electron chi connectivity index (χ3n) is 5.30. The molecule has 2 fully saturated rings. The third kappa shape index (κ3) is 3.78. The van der Waals surface area contributed by atoms with E-state index in [1.54, 1.807) is 0 Å². The van der Waals surface area contributed by atoms with Gasteiger partial charge in [0.25, 0.3) is 0 Å². The third-order valence-corrected chi connectivity index (χ3v) is 5.54. The van der Waals surface area contributed by atoms with E-state index in [1.807, 2.05) is 24.3 Å². The van der Waals surface area contributed by atoms with E-state index in [1.165, 1.54) is 19.3 Å². The lowest BCUT2D eigenvalue weighted by molar-refractivity contribution is -0.117. The van der Waals surface area contributed by atoms with Crippen LogP contribution in [0.3, 0.4) is 0 Å². The van der Waals surface area contributed by atoms with Crippen LogP contribution in [0.15, 0.2) is 24.3 Å². The lowest BCUT2D eigenvalue weighted by Gasteiger charge is -2.39. The second-order valence-electron chi connectivity index (χ2n) is 8.61. The number of nitrogens with zero attached hydrogens (tertiary/aromatic N) is 1. The van der Waals surface area contributed by atoms with Crippen molar-refractivity contribution in [2.45, 2.75) is 46.1 Å². The minimum absolute atomic E-state index is 0.0315. The Morgan fingerprint density at radius 3 is 2.83 bits per heavy atom. The normalized spacial score (nSPS) is 28.5. The van der Waals surface area contributed by atoms with Crippen molar-refractivity contribution in [3.05, 3.63) is 29.8 Å². The fourth-order valence-corrected chi connectivity index (χ4v) is 5.02. The molecule has 3 N–H and O–H groups in total. The number of fused-ring (bicyclic) bond motifs is 2. The number of rotatable bonds is 4. The molecule has 0 radical (unpaired) electrons. The number of hydrogen-bond acceptors (Lipinski definition) is 3. The van der Waals surface area contributed by atoms with Gasteiger partial charge in [-0.15, -0.1) is 0 Å². The van der Waals surface area contributed by atoms with Gasteiger partial charge in [-0.1, -0.05) is 45.1 Å². The van der Waals surface area contributed by atoms with Gasteiger partial charge in [-0.3, -0.25) is 9.69 Å². The molecule has 1 heterocycles. The van der Waals surface area contributed by atoms with Crippen molar-refractivity contribution < 1.29 is 4.79 Å². The Morgan fingerprint density at radius 1 is 1.38 bits per heavy atom. The number of nitrogens with two attached hydrogens (primary N) is 1. The first-order valence-electron chi connectivity index (χ1n) is 8.60. The molecule has 1 aromatic carbocycles. The molecule has 1 amide bonds. The van der Waals surface area contributed by atoms with E-state index < -0.39 is 0 Å². The number of anilines is 1.